The Hall–Kier alpha value is -0.950. The number of β-amino-alcohol motifs (C(OH)–C–C–N with tert-alkyl or cyclic N) is 1. The van der Waals surface area contributed by atoms with Gasteiger partial charge in [-0.3, -0.25) is 4.90 Å². The zero-order valence-corrected chi connectivity index (χ0v) is 14.3. The van der Waals surface area contributed by atoms with Gasteiger partial charge in [-0.1, -0.05) is 24.3 Å². The zero-order valence-electron chi connectivity index (χ0n) is 13.4. The predicted molar refractivity (Wildman–Crippen MR) is 91.1 cm³/mol. The maximum Gasteiger partial charge on any atom is 0.151 e. The average Bonchev–Trinajstić information content (AvgIpc) is 2.52. The van der Waals surface area contributed by atoms with E-state index in [1.807, 2.05) is 0 Å². The first kappa shape index (κ1) is 16.9. The van der Waals surface area contributed by atoms with E-state index in [0.29, 0.717) is 18.8 Å². The Bertz CT molecular complexity index is 632. The lowest BCUT2D eigenvalue weighted by atomic mass is 10.00. The van der Waals surface area contributed by atoms with Gasteiger partial charge >= 0.3 is 0 Å². The van der Waals surface area contributed by atoms with Gasteiger partial charge < -0.3 is 10.4 Å². The van der Waals surface area contributed by atoms with Gasteiger partial charge in [0.25, 0.3) is 0 Å². The van der Waals surface area contributed by atoms with Crippen LogP contribution in [0.1, 0.15) is 24.0 Å². The van der Waals surface area contributed by atoms with E-state index in [1.165, 1.54) is 11.1 Å². The molecule has 2 N–H and O–H groups in total. The first-order chi connectivity index (χ1) is 11.0. The summed E-state index contributed by atoms with van der Waals surface area (Å²) in [5.74, 6) is 0.512. The van der Waals surface area contributed by atoms with Crippen molar-refractivity contribution in [2.24, 2.45) is 0 Å². The van der Waals surface area contributed by atoms with Crippen molar-refractivity contribution >= 4 is 9.84 Å². The molecule has 128 valence electrons. The monoisotopic (exact) mass is 338 g/mol. The molecule has 0 aliphatic carbocycles. The Balaban J connectivity index is 1.44. The van der Waals surface area contributed by atoms with Crippen molar-refractivity contribution in [2.45, 2.75) is 38.0 Å². The van der Waals surface area contributed by atoms with Crippen LogP contribution < -0.4 is 5.32 Å². The van der Waals surface area contributed by atoms with Crippen LogP contribution in [0.5, 0.6) is 0 Å². The Morgan fingerprint density at radius 2 is 2.09 bits per heavy atom. The molecule has 0 aromatic heterocycles. The van der Waals surface area contributed by atoms with Crippen molar-refractivity contribution in [3.05, 3.63) is 35.4 Å². The molecular weight excluding hydrogens is 312 g/mol. The van der Waals surface area contributed by atoms with Crippen LogP contribution in [0.25, 0.3) is 0 Å². The van der Waals surface area contributed by atoms with Crippen LogP contribution in [0.4, 0.5) is 0 Å². The molecule has 0 saturated carbocycles. The molecule has 6 heteroatoms. The van der Waals surface area contributed by atoms with Gasteiger partial charge in [-0.25, -0.2) is 8.42 Å². The largest absolute Gasteiger partial charge is 0.390 e. The van der Waals surface area contributed by atoms with E-state index in [1.54, 1.807) is 0 Å². The van der Waals surface area contributed by atoms with Crippen LogP contribution in [-0.2, 0) is 22.8 Å². The standard InChI is InChI=1S/C17H26N2O3S/c20-17(10-18-16-6-3-9-23(21,22)13-16)12-19-8-7-14-4-1-2-5-15(14)11-19/h1-2,4-5,16-18,20H,3,6-13H2/t16-,17+/m1/s1. The summed E-state index contributed by atoms with van der Waals surface area (Å²) >= 11 is 0. The lowest BCUT2D eigenvalue weighted by molar-refractivity contribution is 0.102. The summed E-state index contributed by atoms with van der Waals surface area (Å²) in [5, 5.41) is 13.5. The van der Waals surface area contributed by atoms with E-state index in [0.717, 1.165) is 32.4 Å². The number of fused-ring (bicyclic) bond motifs is 1. The highest BCUT2D eigenvalue weighted by Crippen LogP contribution is 2.18. The SMILES string of the molecule is O=S1(=O)CCC[C@@H](NC[C@H](O)CN2CCc3ccccc3C2)C1. The van der Waals surface area contributed by atoms with Crippen LogP contribution >= 0.6 is 0 Å². The van der Waals surface area contributed by atoms with Gasteiger partial charge in [0, 0.05) is 32.2 Å². The predicted octanol–water partition coefficient (Wildman–Crippen LogP) is 0.572. The van der Waals surface area contributed by atoms with Gasteiger partial charge in [0.15, 0.2) is 9.84 Å². The number of sulfone groups is 1. The van der Waals surface area contributed by atoms with Crippen molar-refractivity contribution in [3.8, 4) is 0 Å². The van der Waals surface area contributed by atoms with Gasteiger partial charge in [0.1, 0.15) is 0 Å². The summed E-state index contributed by atoms with van der Waals surface area (Å²) in [5.41, 5.74) is 2.75. The number of rotatable bonds is 5. The summed E-state index contributed by atoms with van der Waals surface area (Å²) in [4.78, 5) is 2.27. The van der Waals surface area contributed by atoms with Crippen LogP contribution in [0.2, 0.25) is 0 Å². The average molecular weight is 338 g/mol. The summed E-state index contributed by atoms with van der Waals surface area (Å²) in [7, 11) is -2.90. The number of nitrogens with one attached hydrogen (secondary N) is 1. The van der Waals surface area contributed by atoms with E-state index in [9.17, 15) is 13.5 Å². The van der Waals surface area contributed by atoms with Crippen LogP contribution in [0.15, 0.2) is 24.3 Å². The second kappa shape index (κ2) is 7.30. The van der Waals surface area contributed by atoms with Gasteiger partial charge in [-0.05, 0) is 30.4 Å². The Labute approximate surface area is 138 Å². The molecule has 3 rings (SSSR count). The summed E-state index contributed by atoms with van der Waals surface area (Å²) in [6, 6.07) is 8.45. The minimum absolute atomic E-state index is 0.00881. The van der Waals surface area contributed by atoms with Crippen LogP contribution in [0, 0.1) is 0 Å². The third-order valence-corrected chi connectivity index (χ3v) is 6.60. The van der Waals surface area contributed by atoms with Crippen molar-refractivity contribution in [1.82, 2.24) is 10.2 Å². The maximum absolute atomic E-state index is 11.6. The lowest BCUT2D eigenvalue weighted by Gasteiger charge is -2.31. The van der Waals surface area contributed by atoms with Crippen molar-refractivity contribution < 1.29 is 13.5 Å². The third-order valence-electron chi connectivity index (χ3n) is 4.78. The molecule has 1 aromatic rings. The topological polar surface area (TPSA) is 69.6 Å². The number of aliphatic hydroxyl groups is 1. The molecule has 1 saturated heterocycles. The van der Waals surface area contributed by atoms with Crippen molar-refractivity contribution in [3.63, 3.8) is 0 Å². The molecule has 1 aromatic carbocycles. The van der Waals surface area contributed by atoms with Crippen LogP contribution in [-0.4, -0.2) is 61.7 Å². The zero-order chi connectivity index (χ0) is 16.3. The molecule has 0 spiro atoms. The molecule has 2 heterocycles. The molecule has 0 amide bonds. The first-order valence-electron chi connectivity index (χ1n) is 8.43. The Morgan fingerprint density at radius 3 is 2.87 bits per heavy atom. The Morgan fingerprint density at radius 1 is 1.30 bits per heavy atom. The third kappa shape index (κ3) is 4.76. The molecular formula is C17H26N2O3S. The van der Waals surface area contributed by atoms with Gasteiger partial charge in [0.05, 0.1) is 17.6 Å². The second-order valence-electron chi connectivity index (χ2n) is 6.77. The number of nitrogens with zero attached hydrogens (tertiary/aromatic N) is 1. The minimum Gasteiger partial charge on any atom is -0.390 e. The number of hydrogen-bond acceptors (Lipinski definition) is 5. The molecule has 0 radical (unpaired) electrons. The maximum atomic E-state index is 11.6. The molecule has 1 fully saturated rings. The molecule has 0 unspecified atom stereocenters. The minimum atomic E-state index is -2.90. The summed E-state index contributed by atoms with van der Waals surface area (Å²) in [6.45, 7) is 2.93. The fraction of sp³-hybridized carbons (Fsp3) is 0.647. The fourth-order valence-electron chi connectivity index (χ4n) is 3.56. The molecule has 0 bridgehead atoms. The molecule has 2 atom stereocenters. The van der Waals surface area contributed by atoms with E-state index in [4.69, 9.17) is 0 Å². The first-order valence-corrected chi connectivity index (χ1v) is 10.2. The quantitative estimate of drug-likeness (QED) is 0.822. The van der Waals surface area contributed by atoms with Gasteiger partial charge in [-0.15, -0.1) is 0 Å². The molecule has 5 nitrogen and oxygen atoms in total. The number of aliphatic hydroxyl groups excluding tert-OH is 1. The fourth-order valence-corrected chi connectivity index (χ4v) is 5.23. The van der Waals surface area contributed by atoms with E-state index >= 15 is 0 Å². The highest BCUT2D eigenvalue weighted by atomic mass is 32.2. The number of hydrogen-bond donors (Lipinski definition) is 2. The molecule has 2 aliphatic heterocycles. The van der Waals surface area contributed by atoms with Crippen LogP contribution in [0.3, 0.4) is 0 Å². The lowest BCUT2D eigenvalue weighted by Crippen LogP contribution is -2.46. The summed E-state index contributed by atoms with van der Waals surface area (Å²) in [6.07, 6.45) is 2.16. The Kier molecular flexibility index (Phi) is 5.36. The van der Waals surface area contributed by atoms with E-state index in [-0.39, 0.29) is 11.8 Å². The van der Waals surface area contributed by atoms with Gasteiger partial charge in [0.2, 0.25) is 0 Å². The second-order valence-corrected chi connectivity index (χ2v) is 9.00. The molecule has 2 aliphatic rings. The smallest absolute Gasteiger partial charge is 0.151 e. The normalized spacial score (nSPS) is 25.7. The summed E-state index contributed by atoms with van der Waals surface area (Å²) < 4.78 is 23.3. The van der Waals surface area contributed by atoms with E-state index in [2.05, 4.69) is 34.5 Å². The molecule has 23 heavy (non-hydrogen) atoms. The van der Waals surface area contributed by atoms with Crippen molar-refractivity contribution in [1.29, 1.82) is 0 Å². The van der Waals surface area contributed by atoms with Gasteiger partial charge in [-0.2, -0.15) is 0 Å². The van der Waals surface area contributed by atoms with E-state index < -0.39 is 15.9 Å². The number of benzene rings is 1. The van der Waals surface area contributed by atoms with Crippen molar-refractivity contribution in [2.75, 3.05) is 31.1 Å². The highest BCUT2D eigenvalue weighted by molar-refractivity contribution is 7.91. The highest BCUT2D eigenvalue weighted by Gasteiger charge is 2.25.